The molecule has 0 saturated heterocycles. The summed E-state index contributed by atoms with van der Waals surface area (Å²) < 4.78 is 18.2. The van der Waals surface area contributed by atoms with Gasteiger partial charge in [-0.05, 0) is 25.5 Å². The van der Waals surface area contributed by atoms with Crippen LogP contribution in [0.3, 0.4) is 0 Å². The molecule has 3 atom stereocenters. The van der Waals surface area contributed by atoms with Crippen LogP contribution in [0.15, 0.2) is 24.3 Å². The molecule has 1 aliphatic heterocycles. The van der Waals surface area contributed by atoms with Crippen molar-refractivity contribution in [3.05, 3.63) is 29.8 Å². The number of hydrogen-bond donors (Lipinski definition) is 1. The SMILES string of the molecule is CCCNC1c2ccccc2OCC1S(=O)CCC. The van der Waals surface area contributed by atoms with Crippen molar-refractivity contribution in [1.82, 2.24) is 5.32 Å². The molecule has 0 spiro atoms. The molecule has 3 unspecified atom stereocenters. The van der Waals surface area contributed by atoms with Crippen molar-refractivity contribution in [3.8, 4) is 5.75 Å². The van der Waals surface area contributed by atoms with E-state index in [1.807, 2.05) is 18.2 Å². The average Bonchev–Trinajstić information content (AvgIpc) is 2.44. The summed E-state index contributed by atoms with van der Waals surface area (Å²) in [6.45, 7) is 5.71. The van der Waals surface area contributed by atoms with E-state index in [1.54, 1.807) is 0 Å². The van der Waals surface area contributed by atoms with Gasteiger partial charge in [-0.2, -0.15) is 0 Å². The lowest BCUT2D eigenvalue weighted by Gasteiger charge is -2.33. The summed E-state index contributed by atoms with van der Waals surface area (Å²) in [7, 11) is -0.835. The summed E-state index contributed by atoms with van der Waals surface area (Å²) in [6, 6.07) is 8.23. The number of fused-ring (bicyclic) bond motifs is 1. The highest BCUT2D eigenvalue weighted by molar-refractivity contribution is 7.85. The largest absolute Gasteiger partial charge is 0.492 e. The highest BCUT2D eigenvalue weighted by atomic mass is 32.2. The minimum Gasteiger partial charge on any atom is -0.492 e. The van der Waals surface area contributed by atoms with E-state index in [0.29, 0.717) is 6.61 Å². The summed E-state index contributed by atoms with van der Waals surface area (Å²) in [4.78, 5) is 0. The van der Waals surface area contributed by atoms with Gasteiger partial charge in [0.2, 0.25) is 0 Å². The highest BCUT2D eigenvalue weighted by Gasteiger charge is 2.33. The van der Waals surface area contributed by atoms with Gasteiger partial charge in [-0.25, -0.2) is 0 Å². The van der Waals surface area contributed by atoms with Gasteiger partial charge in [0.15, 0.2) is 0 Å². The molecule has 1 aliphatic rings. The van der Waals surface area contributed by atoms with Gasteiger partial charge in [0, 0.05) is 22.1 Å². The Kier molecular flexibility index (Phi) is 5.40. The minimum absolute atomic E-state index is 0.0569. The van der Waals surface area contributed by atoms with E-state index in [-0.39, 0.29) is 11.3 Å². The molecule has 4 heteroatoms. The predicted molar refractivity (Wildman–Crippen MR) is 80.1 cm³/mol. The van der Waals surface area contributed by atoms with Gasteiger partial charge in [-0.3, -0.25) is 4.21 Å². The average molecular weight is 281 g/mol. The van der Waals surface area contributed by atoms with Crippen molar-refractivity contribution in [2.75, 3.05) is 18.9 Å². The Morgan fingerprint density at radius 1 is 1.32 bits per heavy atom. The molecule has 0 aromatic heterocycles. The van der Waals surface area contributed by atoms with Crippen molar-refractivity contribution in [3.63, 3.8) is 0 Å². The zero-order valence-corrected chi connectivity index (χ0v) is 12.5. The summed E-state index contributed by atoms with van der Waals surface area (Å²) in [5, 5.41) is 3.60. The van der Waals surface area contributed by atoms with Crippen LogP contribution in [0, 0.1) is 0 Å². The zero-order valence-electron chi connectivity index (χ0n) is 11.7. The van der Waals surface area contributed by atoms with Crippen LogP contribution >= 0.6 is 0 Å². The highest BCUT2D eigenvalue weighted by Crippen LogP contribution is 2.34. The maximum atomic E-state index is 12.4. The van der Waals surface area contributed by atoms with Crippen LogP contribution in [-0.2, 0) is 10.8 Å². The fourth-order valence-electron chi connectivity index (χ4n) is 2.46. The van der Waals surface area contributed by atoms with Crippen LogP contribution in [0.25, 0.3) is 0 Å². The van der Waals surface area contributed by atoms with Gasteiger partial charge in [-0.15, -0.1) is 0 Å². The van der Waals surface area contributed by atoms with Gasteiger partial charge >= 0.3 is 0 Å². The summed E-state index contributed by atoms with van der Waals surface area (Å²) in [5.74, 6) is 1.68. The third kappa shape index (κ3) is 3.37. The molecule has 106 valence electrons. The van der Waals surface area contributed by atoms with E-state index < -0.39 is 10.8 Å². The van der Waals surface area contributed by atoms with Gasteiger partial charge in [-0.1, -0.05) is 32.0 Å². The molecule has 0 aliphatic carbocycles. The molecule has 0 amide bonds. The third-order valence-corrected chi connectivity index (χ3v) is 5.28. The third-order valence-electron chi connectivity index (χ3n) is 3.39. The first-order valence-electron chi connectivity index (χ1n) is 7.10. The Balaban J connectivity index is 2.23. The topological polar surface area (TPSA) is 38.3 Å². The van der Waals surface area contributed by atoms with Crippen molar-refractivity contribution >= 4 is 10.8 Å². The Labute approximate surface area is 118 Å². The van der Waals surface area contributed by atoms with E-state index in [9.17, 15) is 4.21 Å². The van der Waals surface area contributed by atoms with E-state index in [4.69, 9.17) is 4.74 Å². The lowest BCUT2D eigenvalue weighted by molar-refractivity contribution is 0.258. The normalized spacial score (nSPS) is 23.5. The first-order valence-corrected chi connectivity index (χ1v) is 8.48. The Morgan fingerprint density at radius 3 is 2.84 bits per heavy atom. The number of rotatable bonds is 6. The Bertz CT molecular complexity index is 436. The van der Waals surface area contributed by atoms with Crippen molar-refractivity contribution in [1.29, 1.82) is 0 Å². The van der Waals surface area contributed by atoms with E-state index in [2.05, 4.69) is 25.2 Å². The first-order chi connectivity index (χ1) is 9.27. The molecule has 0 fully saturated rings. The van der Waals surface area contributed by atoms with Gasteiger partial charge < -0.3 is 10.1 Å². The molecule has 0 radical (unpaired) electrons. The molecule has 19 heavy (non-hydrogen) atoms. The second-order valence-electron chi connectivity index (χ2n) is 4.90. The standard InChI is InChI=1S/C15H23NO2S/c1-3-9-16-15-12-7-5-6-8-13(12)18-11-14(15)19(17)10-4-2/h5-8,14-16H,3-4,9-11H2,1-2H3. The quantitative estimate of drug-likeness (QED) is 0.871. The van der Waals surface area contributed by atoms with Crippen LogP contribution in [0.1, 0.15) is 38.3 Å². The monoisotopic (exact) mass is 281 g/mol. The summed E-state index contributed by atoms with van der Waals surface area (Å²) >= 11 is 0. The lowest BCUT2D eigenvalue weighted by atomic mass is 10.00. The molecule has 1 aromatic carbocycles. The molecule has 3 nitrogen and oxygen atoms in total. The summed E-state index contributed by atoms with van der Waals surface area (Å²) in [6.07, 6.45) is 2.03. The number of benzene rings is 1. The predicted octanol–water partition coefficient (Wildman–Crippen LogP) is 2.65. The minimum atomic E-state index is -0.835. The molecule has 2 rings (SSSR count). The molecule has 0 saturated carbocycles. The van der Waals surface area contributed by atoms with Crippen LogP contribution < -0.4 is 10.1 Å². The summed E-state index contributed by atoms with van der Waals surface area (Å²) in [5.41, 5.74) is 1.15. The van der Waals surface area contributed by atoms with Gasteiger partial charge in [0.1, 0.15) is 12.4 Å². The second-order valence-corrected chi connectivity index (χ2v) is 6.68. The molecule has 1 heterocycles. The smallest absolute Gasteiger partial charge is 0.124 e. The van der Waals surface area contributed by atoms with E-state index in [1.165, 1.54) is 0 Å². The van der Waals surface area contributed by atoms with Crippen LogP contribution in [0.4, 0.5) is 0 Å². The lowest BCUT2D eigenvalue weighted by Crippen LogP contribution is -2.42. The van der Waals surface area contributed by atoms with Gasteiger partial charge in [0.25, 0.3) is 0 Å². The molecule has 0 bridgehead atoms. The second kappa shape index (κ2) is 7.06. The number of hydrogen-bond acceptors (Lipinski definition) is 3. The van der Waals surface area contributed by atoms with Crippen molar-refractivity contribution < 1.29 is 8.95 Å². The first kappa shape index (κ1) is 14.5. The van der Waals surface area contributed by atoms with E-state index in [0.717, 1.165) is 36.5 Å². The van der Waals surface area contributed by atoms with Gasteiger partial charge in [0.05, 0.1) is 11.3 Å². The maximum Gasteiger partial charge on any atom is 0.124 e. The Morgan fingerprint density at radius 2 is 2.11 bits per heavy atom. The van der Waals surface area contributed by atoms with Crippen LogP contribution in [0.2, 0.25) is 0 Å². The Hall–Kier alpha value is -0.870. The number of para-hydroxylation sites is 1. The van der Waals surface area contributed by atoms with Crippen molar-refractivity contribution in [2.24, 2.45) is 0 Å². The molecular formula is C15H23NO2S. The van der Waals surface area contributed by atoms with Crippen LogP contribution in [-0.4, -0.2) is 28.4 Å². The molecular weight excluding hydrogens is 258 g/mol. The number of ether oxygens (including phenoxy) is 1. The zero-order chi connectivity index (χ0) is 13.7. The van der Waals surface area contributed by atoms with Crippen molar-refractivity contribution in [2.45, 2.75) is 38.0 Å². The van der Waals surface area contributed by atoms with E-state index >= 15 is 0 Å². The molecule has 1 aromatic rings. The molecule has 1 N–H and O–H groups in total. The maximum absolute atomic E-state index is 12.4. The fraction of sp³-hybridized carbons (Fsp3) is 0.600. The van der Waals surface area contributed by atoms with Crippen LogP contribution in [0.5, 0.6) is 5.75 Å². The fourth-order valence-corrected chi connectivity index (χ4v) is 3.93. The number of nitrogens with one attached hydrogen (secondary N) is 1.